The van der Waals surface area contributed by atoms with E-state index in [0.717, 1.165) is 4.47 Å². The van der Waals surface area contributed by atoms with E-state index in [9.17, 15) is 9.59 Å². The molecule has 6 heteroatoms. The van der Waals surface area contributed by atoms with Gasteiger partial charge in [0.1, 0.15) is 5.75 Å². The highest BCUT2D eigenvalue weighted by molar-refractivity contribution is 9.10. The van der Waals surface area contributed by atoms with Crippen molar-refractivity contribution in [2.75, 3.05) is 17.2 Å². The van der Waals surface area contributed by atoms with Crippen LogP contribution in [-0.2, 0) is 4.79 Å². The topological polar surface area (TPSA) is 67.4 Å². The molecule has 2 aromatic rings. The SMILES string of the molecule is CCOc1ccc(C(=O)Nc2cccc(NC(C)=O)c2)cc1Br. The Morgan fingerprint density at radius 1 is 1.09 bits per heavy atom. The molecule has 2 aromatic carbocycles. The van der Waals surface area contributed by atoms with Crippen molar-refractivity contribution in [1.29, 1.82) is 0 Å². The molecule has 2 amide bonds. The third kappa shape index (κ3) is 4.82. The Balaban J connectivity index is 2.12. The van der Waals surface area contributed by atoms with E-state index in [-0.39, 0.29) is 11.8 Å². The lowest BCUT2D eigenvalue weighted by molar-refractivity contribution is -0.114. The second kappa shape index (κ2) is 7.78. The van der Waals surface area contributed by atoms with Crippen LogP contribution < -0.4 is 15.4 Å². The summed E-state index contributed by atoms with van der Waals surface area (Å²) < 4.78 is 6.14. The molecule has 2 rings (SSSR count). The van der Waals surface area contributed by atoms with Gasteiger partial charge in [0.05, 0.1) is 11.1 Å². The van der Waals surface area contributed by atoms with Crippen LogP contribution in [0.4, 0.5) is 11.4 Å². The third-order valence-corrected chi connectivity index (χ3v) is 3.55. The predicted molar refractivity (Wildman–Crippen MR) is 94.0 cm³/mol. The molecule has 0 aliphatic heterocycles. The number of rotatable bonds is 5. The van der Waals surface area contributed by atoms with E-state index in [0.29, 0.717) is 29.3 Å². The molecule has 5 nitrogen and oxygen atoms in total. The van der Waals surface area contributed by atoms with Crippen LogP contribution in [0.15, 0.2) is 46.9 Å². The number of benzene rings is 2. The first-order valence-corrected chi connectivity index (χ1v) is 7.90. The van der Waals surface area contributed by atoms with Crippen molar-refractivity contribution >= 4 is 39.1 Å². The van der Waals surface area contributed by atoms with Gasteiger partial charge in [-0.3, -0.25) is 9.59 Å². The van der Waals surface area contributed by atoms with Crippen LogP contribution >= 0.6 is 15.9 Å². The van der Waals surface area contributed by atoms with Crippen LogP contribution in [0.2, 0.25) is 0 Å². The van der Waals surface area contributed by atoms with Crippen molar-refractivity contribution in [3.05, 3.63) is 52.5 Å². The van der Waals surface area contributed by atoms with Gasteiger partial charge in [0.2, 0.25) is 5.91 Å². The fourth-order valence-electron chi connectivity index (χ4n) is 2.00. The summed E-state index contributed by atoms with van der Waals surface area (Å²) in [4.78, 5) is 23.4. The van der Waals surface area contributed by atoms with E-state index < -0.39 is 0 Å². The van der Waals surface area contributed by atoms with Gasteiger partial charge in [0.25, 0.3) is 5.91 Å². The Labute approximate surface area is 143 Å². The monoisotopic (exact) mass is 376 g/mol. The number of hydrogen-bond donors (Lipinski definition) is 2. The van der Waals surface area contributed by atoms with Crippen LogP contribution in [0.3, 0.4) is 0 Å². The molecule has 0 atom stereocenters. The fourth-order valence-corrected chi connectivity index (χ4v) is 2.49. The summed E-state index contributed by atoms with van der Waals surface area (Å²) in [5, 5.41) is 5.47. The summed E-state index contributed by atoms with van der Waals surface area (Å²) in [6, 6.07) is 12.1. The van der Waals surface area contributed by atoms with Crippen molar-refractivity contribution < 1.29 is 14.3 Å². The zero-order valence-corrected chi connectivity index (χ0v) is 14.4. The molecular weight excluding hydrogens is 360 g/mol. The molecule has 0 saturated heterocycles. The Morgan fingerprint density at radius 3 is 2.39 bits per heavy atom. The molecule has 0 unspecified atom stereocenters. The first-order chi connectivity index (χ1) is 11.0. The first kappa shape index (κ1) is 17.0. The maximum absolute atomic E-state index is 12.3. The maximum Gasteiger partial charge on any atom is 0.255 e. The van der Waals surface area contributed by atoms with Crippen LogP contribution in [0, 0.1) is 0 Å². The number of carbonyl (C=O) groups excluding carboxylic acids is 2. The molecule has 23 heavy (non-hydrogen) atoms. The standard InChI is InChI=1S/C17H17BrN2O3/c1-3-23-16-8-7-12(9-15(16)18)17(22)20-14-6-4-5-13(10-14)19-11(2)21/h4-10H,3H2,1-2H3,(H,19,21)(H,20,22). The molecule has 2 N–H and O–H groups in total. The van der Waals surface area contributed by atoms with Gasteiger partial charge in [0, 0.05) is 23.9 Å². The molecule has 0 saturated carbocycles. The normalized spacial score (nSPS) is 10.0. The quantitative estimate of drug-likeness (QED) is 0.826. The zero-order valence-electron chi connectivity index (χ0n) is 12.9. The summed E-state index contributed by atoms with van der Waals surface area (Å²) >= 11 is 3.39. The number of amides is 2. The smallest absolute Gasteiger partial charge is 0.255 e. The van der Waals surface area contributed by atoms with Gasteiger partial charge in [-0.2, -0.15) is 0 Å². The Hall–Kier alpha value is -2.34. The van der Waals surface area contributed by atoms with Gasteiger partial charge in [-0.1, -0.05) is 6.07 Å². The summed E-state index contributed by atoms with van der Waals surface area (Å²) in [6.07, 6.45) is 0. The average molecular weight is 377 g/mol. The van der Waals surface area contributed by atoms with E-state index in [4.69, 9.17) is 4.74 Å². The highest BCUT2D eigenvalue weighted by atomic mass is 79.9. The van der Waals surface area contributed by atoms with Crippen LogP contribution in [-0.4, -0.2) is 18.4 Å². The maximum atomic E-state index is 12.3. The molecule has 0 aliphatic rings. The first-order valence-electron chi connectivity index (χ1n) is 7.11. The molecular formula is C17H17BrN2O3. The summed E-state index contributed by atoms with van der Waals surface area (Å²) in [5.74, 6) is 0.286. The van der Waals surface area contributed by atoms with Gasteiger partial charge >= 0.3 is 0 Å². The number of ether oxygens (including phenoxy) is 1. The van der Waals surface area contributed by atoms with Crippen LogP contribution in [0.25, 0.3) is 0 Å². The van der Waals surface area contributed by atoms with Gasteiger partial charge in [-0.15, -0.1) is 0 Å². The summed E-state index contributed by atoms with van der Waals surface area (Å²) in [7, 11) is 0. The van der Waals surface area contributed by atoms with Crippen molar-refractivity contribution in [3.63, 3.8) is 0 Å². The highest BCUT2D eigenvalue weighted by Crippen LogP contribution is 2.26. The lowest BCUT2D eigenvalue weighted by atomic mass is 10.2. The number of anilines is 2. The minimum absolute atomic E-state index is 0.163. The van der Waals surface area contributed by atoms with E-state index in [1.807, 2.05) is 6.92 Å². The second-order valence-electron chi connectivity index (χ2n) is 4.79. The molecule has 0 heterocycles. The van der Waals surface area contributed by atoms with E-state index >= 15 is 0 Å². The molecule has 0 bridgehead atoms. The second-order valence-corrected chi connectivity index (χ2v) is 5.65. The molecule has 0 aliphatic carbocycles. The van der Waals surface area contributed by atoms with Gasteiger partial charge in [0.15, 0.2) is 0 Å². The number of nitrogens with one attached hydrogen (secondary N) is 2. The predicted octanol–water partition coefficient (Wildman–Crippen LogP) is 4.06. The minimum atomic E-state index is -0.242. The molecule has 0 aromatic heterocycles. The highest BCUT2D eigenvalue weighted by Gasteiger charge is 2.10. The van der Waals surface area contributed by atoms with E-state index in [1.165, 1.54) is 6.92 Å². The fraction of sp³-hybridized carbons (Fsp3) is 0.176. The number of hydrogen-bond acceptors (Lipinski definition) is 3. The Morgan fingerprint density at radius 2 is 1.78 bits per heavy atom. The zero-order chi connectivity index (χ0) is 16.8. The van der Waals surface area contributed by atoms with E-state index in [1.54, 1.807) is 42.5 Å². The molecule has 0 radical (unpaired) electrons. The Kier molecular flexibility index (Phi) is 5.76. The summed E-state index contributed by atoms with van der Waals surface area (Å²) in [6.45, 7) is 3.89. The molecule has 0 spiro atoms. The van der Waals surface area contributed by atoms with Crippen LogP contribution in [0.5, 0.6) is 5.75 Å². The van der Waals surface area contributed by atoms with Crippen LogP contribution in [0.1, 0.15) is 24.2 Å². The Bertz CT molecular complexity index is 732. The van der Waals surface area contributed by atoms with Gasteiger partial charge in [-0.25, -0.2) is 0 Å². The minimum Gasteiger partial charge on any atom is -0.493 e. The average Bonchev–Trinajstić information content (AvgIpc) is 2.49. The number of halogens is 1. The van der Waals surface area contributed by atoms with Crippen molar-refractivity contribution in [2.24, 2.45) is 0 Å². The molecule has 0 fully saturated rings. The van der Waals surface area contributed by atoms with Crippen molar-refractivity contribution in [2.45, 2.75) is 13.8 Å². The molecule has 120 valence electrons. The lowest BCUT2D eigenvalue weighted by Gasteiger charge is -2.10. The lowest BCUT2D eigenvalue weighted by Crippen LogP contribution is -2.12. The largest absolute Gasteiger partial charge is 0.493 e. The van der Waals surface area contributed by atoms with E-state index in [2.05, 4.69) is 26.6 Å². The van der Waals surface area contributed by atoms with Crippen molar-refractivity contribution in [1.82, 2.24) is 0 Å². The number of carbonyl (C=O) groups is 2. The van der Waals surface area contributed by atoms with Gasteiger partial charge in [-0.05, 0) is 59.3 Å². The van der Waals surface area contributed by atoms with Gasteiger partial charge < -0.3 is 15.4 Å². The summed E-state index contributed by atoms with van der Waals surface area (Å²) in [5.41, 5.74) is 1.74. The third-order valence-electron chi connectivity index (χ3n) is 2.93. The van der Waals surface area contributed by atoms with Crippen molar-refractivity contribution in [3.8, 4) is 5.75 Å².